The van der Waals surface area contributed by atoms with Crippen LogP contribution in [-0.4, -0.2) is 40.7 Å². The first-order valence-corrected chi connectivity index (χ1v) is 9.59. The van der Waals surface area contributed by atoms with Crippen LogP contribution in [0.1, 0.15) is 5.56 Å². The molecule has 0 fully saturated rings. The molecule has 6 nitrogen and oxygen atoms in total. The SMILES string of the molecule is Cc1ccc(Cl)cc1NC(=O)CSc1ncnc2nc(N(C)C)sc12. The van der Waals surface area contributed by atoms with E-state index in [0.717, 1.165) is 26.1 Å². The van der Waals surface area contributed by atoms with Gasteiger partial charge >= 0.3 is 0 Å². The highest BCUT2D eigenvalue weighted by atomic mass is 35.5. The molecule has 0 unspecified atom stereocenters. The van der Waals surface area contributed by atoms with Crippen LogP contribution in [-0.2, 0) is 4.79 Å². The molecule has 130 valence electrons. The normalized spacial score (nSPS) is 10.9. The summed E-state index contributed by atoms with van der Waals surface area (Å²) in [5.74, 6) is 0.132. The molecule has 0 aliphatic rings. The number of carbonyl (C=O) groups is 1. The third-order valence-corrected chi connectivity index (χ3v) is 5.92. The van der Waals surface area contributed by atoms with Crippen LogP contribution in [0.4, 0.5) is 10.8 Å². The van der Waals surface area contributed by atoms with E-state index in [0.29, 0.717) is 10.7 Å². The summed E-state index contributed by atoms with van der Waals surface area (Å²) < 4.78 is 0.892. The molecule has 0 saturated heterocycles. The number of nitrogens with zero attached hydrogens (tertiary/aromatic N) is 4. The highest BCUT2D eigenvalue weighted by Crippen LogP contribution is 2.33. The molecule has 3 aromatic rings. The Labute approximate surface area is 158 Å². The summed E-state index contributed by atoms with van der Waals surface area (Å²) in [6, 6.07) is 5.42. The summed E-state index contributed by atoms with van der Waals surface area (Å²) >= 11 is 8.86. The highest BCUT2D eigenvalue weighted by Gasteiger charge is 2.14. The Kier molecular flexibility index (Phi) is 5.41. The molecule has 0 radical (unpaired) electrons. The lowest BCUT2D eigenvalue weighted by Gasteiger charge is -2.08. The molecule has 25 heavy (non-hydrogen) atoms. The second-order valence-electron chi connectivity index (χ2n) is 5.52. The van der Waals surface area contributed by atoms with E-state index < -0.39 is 0 Å². The van der Waals surface area contributed by atoms with Gasteiger partial charge in [-0.15, -0.1) is 0 Å². The molecule has 1 N–H and O–H groups in total. The van der Waals surface area contributed by atoms with Crippen LogP contribution in [0.25, 0.3) is 10.3 Å². The summed E-state index contributed by atoms with van der Waals surface area (Å²) in [5.41, 5.74) is 2.33. The Balaban J connectivity index is 1.72. The number of aromatic nitrogens is 3. The van der Waals surface area contributed by atoms with Crippen molar-refractivity contribution in [1.82, 2.24) is 15.0 Å². The van der Waals surface area contributed by atoms with Gasteiger partial charge in [0.25, 0.3) is 0 Å². The summed E-state index contributed by atoms with van der Waals surface area (Å²) in [5, 5.41) is 5.09. The van der Waals surface area contributed by atoms with E-state index in [1.165, 1.54) is 29.4 Å². The van der Waals surface area contributed by atoms with Crippen LogP contribution < -0.4 is 10.2 Å². The number of fused-ring (bicyclic) bond motifs is 1. The van der Waals surface area contributed by atoms with Gasteiger partial charge in [0.15, 0.2) is 10.8 Å². The lowest BCUT2D eigenvalue weighted by molar-refractivity contribution is -0.113. The minimum absolute atomic E-state index is 0.112. The summed E-state index contributed by atoms with van der Waals surface area (Å²) in [4.78, 5) is 27.1. The number of amides is 1. The third kappa shape index (κ3) is 4.20. The van der Waals surface area contributed by atoms with Crippen LogP contribution in [0.15, 0.2) is 29.6 Å². The van der Waals surface area contributed by atoms with Gasteiger partial charge in [0.05, 0.1) is 5.75 Å². The fraction of sp³-hybridized carbons (Fsp3) is 0.250. The quantitative estimate of drug-likeness (QED) is 0.524. The van der Waals surface area contributed by atoms with Crippen LogP contribution in [0.2, 0.25) is 5.02 Å². The van der Waals surface area contributed by atoms with E-state index in [9.17, 15) is 4.79 Å². The number of rotatable bonds is 5. The van der Waals surface area contributed by atoms with Crippen molar-refractivity contribution in [3.63, 3.8) is 0 Å². The zero-order valence-electron chi connectivity index (χ0n) is 13.9. The number of benzene rings is 1. The zero-order valence-corrected chi connectivity index (χ0v) is 16.3. The smallest absolute Gasteiger partial charge is 0.234 e. The van der Waals surface area contributed by atoms with Crippen LogP contribution in [0.3, 0.4) is 0 Å². The largest absolute Gasteiger partial charge is 0.354 e. The molecular weight excluding hydrogens is 378 g/mol. The average molecular weight is 394 g/mol. The number of carbonyl (C=O) groups excluding carboxylic acids is 1. The second kappa shape index (κ2) is 7.55. The van der Waals surface area contributed by atoms with Gasteiger partial charge in [0.2, 0.25) is 5.91 Å². The molecule has 0 atom stereocenters. The standard InChI is InChI=1S/C16H16ClN5OS2/c1-9-4-5-10(17)6-11(9)20-12(23)7-24-15-13-14(18-8-19-15)21-16(25-13)22(2)3/h4-6,8H,7H2,1-3H3,(H,20,23). The molecule has 1 amide bonds. The maximum atomic E-state index is 12.3. The summed E-state index contributed by atoms with van der Waals surface area (Å²) in [6.45, 7) is 1.92. The van der Waals surface area contributed by atoms with Crippen molar-refractivity contribution < 1.29 is 4.79 Å². The average Bonchev–Trinajstić information content (AvgIpc) is 3.01. The first-order valence-electron chi connectivity index (χ1n) is 7.41. The van der Waals surface area contributed by atoms with E-state index in [1.54, 1.807) is 12.1 Å². The maximum Gasteiger partial charge on any atom is 0.234 e. The fourth-order valence-corrected chi connectivity index (χ4v) is 4.05. The zero-order chi connectivity index (χ0) is 18.0. The highest BCUT2D eigenvalue weighted by molar-refractivity contribution is 8.00. The van der Waals surface area contributed by atoms with Crippen molar-refractivity contribution in [2.45, 2.75) is 11.9 Å². The Hall–Kier alpha value is -1.90. The third-order valence-electron chi connectivity index (χ3n) is 3.34. The number of hydrogen-bond acceptors (Lipinski definition) is 7. The van der Waals surface area contributed by atoms with Gasteiger partial charge < -0.3 is 10.2 Å². The first-order chi connectivity index (χ1) is 11.9. The van der Waals surface area contributed by atoms with Gasteiger partial charge in [-0.05, 0) is 24.6 Å². The predicted octanol–water partition coefficient (Wildman–Crippen LogP) is 3.84. The first kappa shape index (κ1) is 17.9. The Morgan fingerprint density at radius 1 is 1.36 bits per heavy atom. The maximum absolute atomic E-state index is 12.3. The van der Waals surface area contributed by atoms with Gasteiger partial charge in [-0.2, -0.15) is 4.98 Å². The molecule has 9 heteroatoms. The van der Waals surface area contributed by atoms with Crippen molar-refractivity contribution >= 4 is 61.8 Å². The van der Waals surface area contributed by atoms with E-state index in [1.807, 2.05) is 32.0 Å². The number of thiazole rings is 1. The number of anilines is 2. The van der Waals surface area contributed by atoms with Gasteiger partial charge in [-0.25, -0.2) is 9.97 Å². The molecule has 0 saturated carbocycles. The molecule has 0 aliphatic heterocycles. The van der Waals surface area contributed by atoms with Crippen LogP contribution in [0, 0.1) is 6.92 Å². The monoisotopic (exact) mass is 393 g/mol. The molecule has 3 rings (SSSR count). The summed E-state index contributed by atoms with van der Waals surface area (Å²) in [6.07, 6.45) is 1.48. The second-order valence-corrected chi connectivity index (χ2v) is 7.90. The van der Waals surface area contributed by atoms with Gasteiger partial charge in [0.1, 0.15) is 16.1 Å². The van der Waals surface area contributed by atoms with Gasteiger partial charge in [-0.1, -0.05) is 40.8 Å². The molecule has 0 bridgehead atoms. The van der Waals surface area contributed by atoms with E-state index in [2.05, 4.69) is 20.3 Å². The van der Waals surface area contributed by atoms with Crippen molar-refractivity contribution in [2.24, 2.45) is 0 Å². The predicted molar refractivity (Wildman–Crippen MR) is 105 cm³/mol. The number of halogens is 1. The van der Waals surface area contributed by atoms with E-state index in [-0.39, 0.29) is 11.7 Å². The lowest BCUT2D eigenvalue weighted by Crippen LogP contribution is -2.15. The number of nitrogens with one attached hydrogen (secondary N) is 1. The fourth-order valence-electron chi connectivity index (χ4n) is 2.07. The van der Waals surface area contributed by atoms with Gasteiger partial charge in [0, 0.05) is 24.8 Å². The summed E-state index contributed by atoms with van der Waals surface area (Å²) in [7, 11) is 3.86. The molecule has 0 spiro atoms. The molecule has 0 aliphatic carbocycles. The minimum Gasteiger partial charge on any atom is -0.354 e. The Morgan fingerprint density at radius 2 is 2.16 bits per heavy atom. The van der Waals surface area contributed by atoms with Crippen LogP contribution in [0.5, 0.6) is 0 Å². The molecule has 1 aromatic carbocycles. The Bertz CT molecular complexity index is 928. The number of aryl methyl sites for hydroxylation is 1. The Morgan fingerprint density at radius 3 is 2.92 bits per heavy atom. The van der Waals surface area contributed by atoms with Crippen molar-refractivity contribution in [1.29, 1.82) is 0 Å². The van der Waals surface area contributed by atoms with Crippen molar-refractivity contribution in [2.75, 3.05) is 30.1 Å². The topological polar surface area (TPSA) is 71.0 Å². The molecular formula is C16H16ClN5OS2. The van der Waals surface area contributed by atoms with Crippen LogP contribution >= 0.6 is 34.7 Å². The van der Waals surface area contributed by atoms with E-state index in [4.69, 9.17) is 11.6 Å². The van der Waals surface area contributed by atoms with Gasteiger partial charge in [-0.3, -0.25) is 4.79 Å². The minimum atomic E-state index is -0.112. The number of hydrogen-bond donors (Lipinski definition) is 1. The van der Waals surface area contributed by atoms with Crippen molar-refractivity contribution in [3.8, 4) is 0 Å². The number of thioether (sulfide) groups is 1. The van der Waals surface area contributed by atoms with Crippen molar-refractivity contribution in [3.05, 3.63) is 35.1 Å². The molecule has 2 heterocycles. The lowest BCUT2D eigenvalue weighted by atomic mass is 10.2. The molecule has 2 aromatic heterocycles. The van der Waals surface area contributed by atoms with E-state index >= 15 is 0 Å².